The lowest BCUT2D eigenvalue weighted by atomic mass is 9.92. The lowest BCUT2D eigenvalue weighted by Gasteiger charge is -2.41. The van der Waals surface area contributed by atoms with E-state index in [1.54, 1.807) is 0 Å². The molecule has 1 aliphatic heterocycles. The number of amides is 2. The average molecular weight is 330 g/mol. The fraction of sp³-hybridized carbons (Fsp3) is 0.722. The van der Waals surface area contributed by atoms with Crippen molar-refractivity contribution in [3.63, 3.8) is 0 Å². The lowest BCUT2D eigenvalue weighted by molar-refractivity contribution is -0.0927. The molecule has 1 saturated heterocycles. The molecule has 1 N–H and O–H groups in total. The number of nitrogens with one attached hydrogen (secondary N) is 1. The number of urea groups is 1. The Hall–Kier alpha value is -1.69. The Balaban J connectivity index is 1.45. The average Bonchev–Trinajstić information content (AvgIpc) is 3.02. The van der Waals surface area contributed by atoms with E-state index in [0.717, 1.165) is 55.7 Å². The van der Waals surface area contributed by atoms with E-state index in [0.29, 0.717) is 13.2 Å². The third-order valence-corrected chi connectivity index (χ3v) is 5.65. The number of rotatable bonds is 1. The molecule has 2 heterocycles. The number of fused-ring (bicyclic) bond motifs is 1. The van der Waals surface area contributed by atoms with Crippen LogP contribution < -0.4 is 5.32 Å². The van der Waals surface area contributed by atoms with Gasteiger partial charge in [0.1, 0.15) is 5.82 Å². The van der Waals surface area contributed by atoms with Gasteiger partial charge in [0.25, 0.3) is 0 Å². The summed E-state index contributed by atoms with van der Waals surface area (Å²) in [6, 6.07) is 0.0622. The van der Waals surface area contributed by atoms with Crippen molar-refractivity contribution in [2.75, 3.05) is 19.7 Å². The Morgan fingerprint density at radius 1 is 1.38 bits per heavy atom. The molecule has 4 rings (SSSR count). The number of hydrogen-bond donors (Lipinski definition) is 1. The second-order valence-electron chi connectivity index (χ2n) is 7.37. The summed E-state index contributed by atoms with van der Waals surface area (Å²) in [6.45, 7) is 3.97. The molecule has 1 atom stereocenters. The van der Waals surface area contributed by atoms with Gasteiger partial charge in [-0.05, 0) is 39.0 Å². The Labute approximate surface area is 143 Å². The molecule has 1 aromatic heterocycles. The van der Waals surface area contributed by atoms with Crippen molar-refractivity contribution in [1.29, 1.82) is 0 Å². The highest BCUT2D eigenvalue weighted by atomic mass is 16.5. The van der Waals surface area contributed by atoms with Crippen LogP contribution in [0.1, 0.15) is 61.6 Å². The van der Waals surface area contributed by atoms with Crippen LogP contribution in [0.2, 0.25) is 0 Å². The van der Waals surface area contributed by atoms with Crippen molar-refractivity contribution in [3.05, 3.63) is 23.3 Å². The number of morpholine rings is 1. The highest BCUT2D eigenvalue weighted by Gasteiger charge is 2.41. The van der Waals surface area contributed by atoms with E-state index in [2.05, 4.69) is 15.3 Å². The van der Waals surface area contributed by atoms with E-state index >= 15 is 0 Å². The van der Waals surface area contributed by atoms with Gasteiger partial charge in [-0.3, -0.25) is 0 Å². The van der Waals surface area contributed by atoms with Crippen molar-refractivity contribution >= 4 is 6.03 Å². The minimum absolute atomic E-state index is 0.0306. The molecule has 6 nitrogen and oxygen atoms in total. The van der Waals surface area contributed by atoms with Crippen molar-refractivity contribution in [2.45, 2.75) is 63.5 Å². The minimum Gasteiger partial charge on any atom is -0.371 e. The molecule has 1 spiro atoms. The van der Waals surface area contributed by atoms with Gasteiger partial charge < -0.3 is 15.0 Å². The summed E-state index contributed by atoms with van der Waals surface area (Å²) in [4.78, 5) is 23.6. The number of ether oxygens (including phenoxy) is 1. The number of aryl methyl sites for hydroxylation is 2. The number of carbonyl (C=O) groups excluding carboxylic acids is 1. The first-order valence-electron chi connectivity index (χ1n) is 9.17. The van der Waals surface area contributed by atoms with Crippen LogP contribution in [0.15, 0.2) is 6.20 Å². The quantitative estimate of drug-likeness (QED) is 0.859. The van der Waals surface area contributed by atoms with E-state index < -0.39 is 0 Å². The zero-order chi connectivity index (χ0) is 16.6. The molecule has 0 aromatic carbocycles. The monoisotopic (exact) mass is 330 g/mol. The van der Waals surface area contributed by atoms with Gasteiger partial charge in [0.15, 0.2) is 0 Å². The first-order valence-corrected chi connectivity index (χ1v) is 9.17. The molecule has 2 aliphatic carbocycles. The molecule has 130 valence electrons. The van der Waals surface area contributed by atoms with Crippen LogP contribution in [0, 0.1) is 6.92 Å². The lowest BCUT2D eigenvalue weighted by Crippen LogP contribution is -2.55. The molecule has 1 unspecified atom stereocenters. The molecule has 2 amide bonds. The van der Waals surface area contributed by atoms with Gasteiger partial charge in [0.05, 0.1) is 24.8 Å². The third kappa shape index (κ3) is 2.99. The molecule has 1 aromatic rings. The van der Waals surface area contributed by atoms with Crippen molar-refractivity contribution in [3.8, 4) is 0 Å². The maximum absolute atomic E-state index is 12.8. The summed E-state index contributed by atoms with van der Waals surface area (Å²) in [5.74, 6) is 0.803. The van der Waals surface area contributed by atoms with E-state index in [4.69, 9.17) is 4.74 Å². The van der Waals surface area contributed by atoms with Crippen LogP contribution in [0.3, 0.4) is 0 Å². The molecule has 24 heavy (non-hydrogen) atoms. The second kappa shape index (κ2) is 6.31. The highest BCUT2D eigenvalue weighted by molar-refractivity contribution is 5.75. The zero-order valence-electron chi connectivity index (χ0n) is 14.4. The van der Waals surface area contributed by atoms with Gasteiger partial charge in [-0.1, -0.05) is 12.8 Å². The molecule has 3 aliphatic rings. The van der Waals surface area contributed by atoms with Crippen LogP contribution >= 0.6 is 0 Å². The number of aromatic nitrogens is 2. The molecule has 1 saturated carbocycles. The van der Waals surface area contributed by atoms with Crippen LogP contribution in [0.5, 0.6) is 0 Å². The van der Waals surface area contributed by atoms with Gasteiger partial charge >= 0.3 is 6.03 Å². The smallest absolute Gasteiger partial charge is 0.318 e. The highest BCUT2D eigenvalue weighted by Crippen LogP contribution is 2.36. The van der Waals surface area contributed by atoms with Crippen molar-refractivity contribution in [2.24, 2.45) is 0 Å². The fourth-order valence-electron chi connectivity index (χ4n) is 4.38. The zero-order valence-corrected chi connectivity index (χ0v) is 14.4. The largest absolute Gasteiger partial charge is 0.371 e. The van der Waals surface area contributed by atoms with E-state index in [1.165, 1.54) is 12.8 Å². The van der Waals surface area contributed by atoms with Gasteiger partial charge in [-0.15, -0.1) is 0 Å². The summed E-state index contributed by atoms with van der Waals surface area (Å²) in [6.07, 6.45) is 9.46. The summed E-state index contributed by atoms with van der Waals surface area (Å²) in [7, 11) is 0. The number of carbonyl (C=O) groups is 1. The van der Waals surface area contributed by atoms with Crippen LogP contribution in [-0.4, -0.2) is 46.2 Å². The standard InChI is InChI=1S/C18H26N4O2/c1-13-19-11-14-15(20-13)5-4-6-16(14)21-17(23)22-9-10-24-18(12-22)7-2-3-8-18/h11,16H,2-10,12H2,1H3,(H,21,23). The number of nitrogens with zero attached hydrogens (tertiary/aromatic N) is 3. The first-order chi connectivity index (χ1) is 11.7. The fourth-order valence-corrected chi connectivity index (χ4v) is 4.38. The second-order valence-corrected chi connectivity index (χ2v) is 7.37. The SMILES string of the molecule is Cc1ncc2c(n1)CCCC2NC(=O)N1CCOC2(CCCC2)C1. The van der Waals surface area contributed by atoms with Crippen LogP contribution in [0.25, 0.3) is 0 Å². The summed E-state index contributed by atoms with van der Waals surface area (Å²) >= 11 is 0. The van der Waals surface area contributed by atoms with Crippen LogP contribution in [-0.2, 0) is 11.2 Å². The van der Waals surface area contributed by atoms with E-state index in [1.807, 2.05) is 18.0 Å². The number of hydrogen-bond acceptors (Lipinski definition) is 4. The predicted octanol–water partition coefficient (Wildman–Crippen LogP) is 2.52. The van der Waals surface area contributed by atoms with Gasteiger partial charge in [0, 0.05) is 24.0 Å². The van der Waals surface area contributed by atoms with Crippen molar-refractivity contribution in [1.82, 2.24) is 20.2 Å². The Morgan fingerprint density at radius 2 is 2.21 bits per heavy atom. The van der Waals surface area contributed by atoms with E-state index in [-0.39, 0.29) is 17.7 Å². The minimum atomic E-state index is -0.0831. The van der Waals surface area contributed by atoms with Gasteiger partial charge in [-0.25, -0.2) is 14.8 Å². The molecule has 0 radical (unpaired) electrons. The Morgan fingerprint density at radius 3 is 3.04 bits per heavy atom. The Kier molecular flexibility index (Phi) is 4.16. The topological polar surface area (TPSA) is 67.4 Å². The van der Waals surface area contributed by atoms with E-state index in [9.17, 15) is 4.79 Å². The molecular formula is C18H26N4O2. The summed E-state index contributed by atoms with van der Waals surface area (Å²) in [5.41, 5.74) is 2.10. The molecule has 0 bridgehead atoms. The maximum atomic E-state index is 12.8. The van der Waals surface area contributed by atoms with Gasteiger partial charge in [0.2, 0.25) is 0 Å². The molecular weight excluding hydrogens is 304 g/mol. The molecule has 2 fully saturated rings. The molecule has 6 heteroatoms. The van der Waals surface area contributed by atoms with Crippen molar-refractivity contribution < 1.29 is 9.53 Å². The summed E-state index contributed by atoms with van der Waals surface area (Å²) in [5, 5.41) is 3.22. The Bertz CT molecular complexity index is 627. The maximum Gasteiger partial charge on any atom is 0.318 e. The van der Waals surface area contributed by atoms with Crippen LogP contribution in [0.4, 0.5) is 4.79 Å². The third-order valence-electron chi connectivity index (χ3n) is 5.65. The predicted molar refractivity (Wildman–Crippen MR) is 89.7 cm³/mol. The normalized spacial score (nSPS) is 25.5. The van der Waals surface area contributed by atoms with Gasteiger partial charge in [-0.2, -0.15) is 0 Å². The first kappa shape index (κ1) is 15.8. The summed E-state index contributed by atoms with van der Waals surface area (Å²) < 4.78 is 6.02.